The van der Waals surface area contributed by atoms with Crippen LogP contribution < -0.4 is 4.90 Å². The topological polar surface area (TPSA) is 86.5 Å². The summed E-state index contributed by atoms with van der Waals surface area (Å²) in [7, 11) is 0. The maximum Gasteiger partial charge on any atom is 0.335 e. The van der Waals surface area contributed by atoms with Gasteiger partial charge in [-0.05, 0) is 25.0 Å². The minimum Gasteiger partial charge on any atom is -0.478 e. The van der Waals surface area contributed by atoms with Crippen LogP contribution in [0, 0.1) is 0 Å². The number of hydrogen-bond donors (Lipinski definition) is 2. The molecule has 120 valence electrons. The third kappa shape index (κ3) is 3.43. The van der Waals surface area contributed by atoms with Crippen molar-refractivity contribution in [2.24, 2.45) is 0 Å². The average molecular weight is 334 g/mol. The summed E-state index contributed by atoms with van der Waals surface area (Å²) in [6.07, 6.45) is 4.69. The molecule has 7 heteroatoms. The van der Waals surface area contributed by atoms with E-state index in [4.69, 9.17) is 16.7 Å². The molecule has 0 radical (unpaired) electrons. The lowest BCUT2D eigenvalue weighted by Crippen LogP contribution is -2.39. The van der Waals surface area contributed by atoms with E-state index in [1.807, 2.05) is 4.90 Å². The van der Waals surface area contributed by atoms with Crippen molar-refractivity contribution in [1.29, 1.82) is 0 Å². The monoisotopic (exact) mass is 333 g/mol. The molecule has 0 bridgehead atoms. The second kappa shape index (κ2) is 6.52. The van der Waals surface area contributed by atoms with Crippen LogP contribution in [0.3, 0.4) is 0 Å². The standard InChI is InChI=1S/C16H16ClN3O3/c17-14-6-10(15(22)23)3-4-13(14)11-7-18-16(19-8-11)20-5-1-2-12(21)9-20/h3-4,6-8,12,21H,1-2,5,9H2,(H,22,23). The highest BCUT2D eigenvalue weighted by atomic mass is 35.5. The zero-order valence-corrected chi connectivity index (χ0v) is 13.1. The van der Waals surface area contributed by atoms with Gasteiger partial charge in [-0.1, -0.05) is 17.7 Å². The predicted molar refractivity (Wildman–Crippen MR) is 86.9 cm³/mol. The fourth-order valence-corrected chi connectivity index (χ4v) is 2.93. The average Bonchev–Trinajstić information content (AvgIpc) is 2.55. The van der Waals surface area contributed by atoms with Crippen LogP contribution in [-0.4, -0.2) is 45.3 Å². The molecule has 0 aliphatic carbocycles. The first-order valence-electron chi connectivity index (χ1n) is 7.33. The number of β-amino-alcohol motifs (C(OH)–C–C–N with tert-alkyl or cyclic N) is 1. The number of anilines is 1. The highest BCUT2D eigenvalue weighted by Gasteiger charge is 2.20. The number of carboxylic acids is 1. The quantitative estimate of drug-likeness (QED) is 0.897. The van der Waals surface area contributed by atoms with Gasteiger partial charge < -0.3 is 15.1 Å². The Morgan fingerprint density at radius 1 is 1.30 bits per heavy atom. The molecule has 6 nitrogen and oxygen atoms in total. The minimum absolute atomic E-state index is 0.138. The molecular weight excluding hydrogens is 318 g/mol. The van der Waals surface area contributed by atoms with Gasteiger partial charge in [-0.25, -0.2) is 14.8 Å². The molecule has 2 N–H and O–H groups in total. The van der Waals surface area contributed by atoms with E-state index < -0.39 is 5.97 Å². The number of aromatic nitrogens is 2. The van der Waals surface area contributed by atoms with Crippen LogP contribution in [0.2, 0.25) is 5.02 Å². The molecule has 3 rings (SSSR count). The molecule has 0 saturated carbocycles. The molecule has 1 aliphatic rings. The van der Waals surface area contributed by atoms with Crippen molar-refractivity contribution in [2.75, 3.05) is 18.0 Å². The molecule has 1 atom stereocenters. The number of aromatic carboxylic acids is 1. The Morgan fingerprint density at radius 2 is 2.04 bits per heavy atom. The van der Waals surface area contributed by atoms with Crippen molar-refractivity contribution in [3.05, 3.63) is 41.2 Å². The van der Waals surface area contributed by atoms with E-state index in [0.717, 1.165) is 19.4 Å². The van der Waals surface area contributed by atoms with Crippen molar-refractivity contribution < 1.29 is 15.0 Å². The second-order valence-corrected chi connectivity index (χ2v) is 5.92. The van der Waals surface area contributed by atoms with E-state index in [2.05, 4.69) is 9.97 Å². The lowest BCUT2D eigenvalue weighted by molar-refractivity contribution is 0.0697. The molecule has 1 unspecified atom stereocenters. The number of aliphatic hydroxyl groups is 1. The zero-order valence-electron chi connectivity index (χ0n) is 12.3. The van der Waals surface area contributed by atoms with Gasteiger partial charge in [0.15, 0.2) is 0 Å². The van der Waals surface area contributed by atoms with E-state index in [1.165, 1.54) is 12.1 Å². The molecule has 23 heavy (non-hydrogen) atoms. The second-order valence-electron chi connectivity index (χ2n) is 5.51. The number of carbonyl (C=O) groups is 1. The lowest BCUT2D eigenvalue weighted by Gasteiger charge is -2.29. The highest BCUT2D eigenvalue weighted by Crippen LogP contribution is 2.28. The summed E-state index contributed by atoms with van der Waals surface area (Å²) in [5.41, 5.74) is 1.54. The van der Waals surface area contributed by atoms with Crippen LogP contribution in [0.4, 0.5) is 5.95 Å². The van der Waals surface area contributed by atoms with Gasteiger partial charge in [-0.2, -0.15) is 0 Å². The number of piperidine rings is 1. The number of nitrogens with zero attached hydrogens (tertiary/aromatic N) is 3. The van der Waals surface area contributed by atoms with Crippen molar-refractivity contribution in [2.45, 2.75) is 18.9 Å². The van der Waals surface area contributed by atoms with Crippen molar-refractivity contribution in [3.8, 4) is 11.1 Å². The van der Waals surface area contributed by atoms with E-state index in [1.54, 1.807) is 18.5 Å². The van der Waals surface area contributed by atoms with Crippen LogP contribution in [0.1, 0.15) is 23.2 Å². The van der Waals surface area contributed by atoms with E-state index in [9.17, 15) is 9.90 Å². The summed E-state index contributed by atoms with van der Waals surface area (Å²) in [6, 6.07) is 4.56. The summed E-state index contributed by atoms with van der Waals surface area (Å²) < 4.78 is 0. The largest absolute Gasteiger partial charge is 0.478 e. The van der Waals surface area contributed by atoms with Gasteiger partial charge in [-0.3, -0.25) is 0 Å². The lowest BCUT2D eigenvalue weighted by atomic mass is 10.1. The Balaban J connectivity index is 1.83. The van der Waals surface area contributed by atoms with Crippen LogP contribution in [-0.2, 0) is 0 Å². The van der Waals surface area contributed by atoms with Crippen molar-refractivity contribution in [3.63, 3.8) is 0 Å². The Labute approximate surface area is 138 Å². The summed E-state index contributed by atoms with van der Waals surface area (Å²) in [5.74, 6) is -0.445. The fraction of sp³-hybridized carbons (Fsp3) is 0.312. The molecule has 1 aromatic heterocycles. The van der Waals surface area contributed by atoms with Crippen molar-refractivity contribution >= 4 is 23.5 Å². The summed E-state index contributed by atoms with van der Waals surface area (Å²) >= 11 is 6.15. The number of rotatable bonds is 3. The Hall–Kier alpha value is -2.18. The predicted octanol–water partition coefficient (Wildman–Crippen LogP) is 2.46. The minimum atomic E-state index is -1.02. The van der Waals surface area contributed by atoms with Gasteiger partial charge in [0.25, 0.3) is 0 Å². The van der Waals surface area contributed by atoms with E-state index >= 15 is 0 Å². The summed E-state index contributed by atoms with van der Waals surface area (Å²) in [5, 5.41) is 19.0. The molecule has 2 aromatic rings. The first kappa shape index (κ1) is 15.7. The van der Waals surface area contributed by atoms with Crippen molar-refractivity contribution in [1.82, 2.24) is 9.97 Å². The molecular formula is C16H16ClN3O3. The molecule has 2 heterocycles. The van der Waals surface area contributed by atoms with Gasteiger partial charge in [-0.15, -0.1) is 0 Å². The third-order valence-corrected chi connectivity index (χ3v) is 4.16. The van der Waals surface area contributed by atoms with E-state index in [-0.39, 0.29) is 11.7 Å². The van der Waals surface area contributed by atoms with Gasteiger partial charge >= 0.3 is 5.97 Å². The van der Waals surface area contributed by atoms with E-state index in [0.29, 0.717) is 28.6 Å². The maximum atomic E-state index is 10.9. The summed E-state index contributed by atoms with van der Waals surface area (Å²) in [6.45, 7) is 1.36. The molecule has 0 amide bonds. The molecule has 1 fully saturated rings. The van der Waals surface area contributed by atoms with Crippen LogP contribution >= 0.6 is 11.6 Å². The van der Waals surface area contributed by atoms with Crippen LogP contribution in [0.5, 0.6) is 0 Å². The smallest absolute Gasteiger partial charge is 0.335 e. The number of hydrogen-bond acceptors (Lipinski definition) is 5. The number of halogens is 1. The van der Waals surface area contributed by atoms with Crippen LogP contribution in [0.15, 0.2) is 30.6 Å². The van der Waals surface area contributed by atoms with Gasteiger partial charge in [0.2, 0.25) is 5.95 Å². The Morgan fingerprint density at radius 3 is 2.65 bits per heavy atom. The highest BCUT2D eigenvalue weighted by molar-refractivity contribution is 6.33. The van der Waals surface area contributed by atoms with Gasteiger partial charge in [0, 0.05) is 41.6 Å². The normalized spacial score (nSPS) is 18.0. The van der Waals surface area contributed by atoms with Gasteiger partial charge in [0.05, 0.1) is 11.7 Å². The molecule has 1 aliphatic heterocycles. The summed E-state index contributed by atoms with van der Waals surface area (Å²) in [4.78, 5) is 21.6. The fourth-order valence-electron chi connectivity index (χ4n) is 2.64. The third-order valence-electron chi connectivity index (χ3n) is 3.84. The SMILES string of the molecule is O=C(O)c1ccc(-c2cnc(N3CCCC(O)C3)nc2)c(Cl)c1. The number of aliphatic hydroxyl groups excluding tert-OH is 1. The Bertz CT molecular complexity index is 721. The first-order chi connectivity index (χ1) is 11.0. The molecule has 1 saturated heterocycles. The van der Waals surface area contributed by atoms with Crippen LogP contribution in [0.25, 0.3) is 11.1 Å². The number of benzene rings is 1. The first-order valence-corrected chi connectivity index (χ1v) is 7.70. The maximum absolute atomic E-state index is 10.9. The van der Waals surface area contributed by atoms with Gasteiger partial charge in [0.1, 0.15) is 0 Å². The molecule has 1 aromatic carbocycles. The molecule has 0 spiro atoms. The number of carboxylic acid groups (broad SMARTS) is 1. The Kier molecular flexibility index (Phi) is 4.45. The zero-order chi connectivity index (χ0) is 16.4.